The molecule has 3 aromatic rings. The fraction of sp³-hybridized carbons (Fsp3) is 0.333. The van der Waals surface area contributed by atoms with Crippen molar-refractivity contribution in [1.29, 1.82) is 0 Å². The van der Waals surface area contributed by atoms with Crippen molar-refractivity contribution >= 4 is 11.6 Å². The Morgan fingerprint density at radius 1 is 1.17 bits per heavy atom. The van der Waals surface area contributed by atoms with Crippen molar-refractivity contribution in [2.24, 2.45) is 0 Å². The summed E-state index contributed by atoms with van der Waals surface area (Å²) in [6, 6.07) is 11.1. The fourth-order valence-electron chi connectivity index (χ4n) is 3.99. The quantitative estimate of drug-likeness (QED) is 0.669. The number of hydrogen-bond acceptors (Lipinski definition) is 6. The lowest BCUT2D eigenvalue weighted by Gasteiger charge is -2.38. The van der Waals surface area contributed by atoms with E-state index in [1.807, 2.05) is 42.6 Å². The predicted octanol–water partition coefficient (Wildman–Crippen LogP) is 2.41. The Labute approximate surface area is 173 Å². The Bertz CT molecular complexity index is 983. The summed E-state index contributed by atoms with van der Waals surface area (Å²) < 4.78 is 13.6. The first-order chi connectivity index (χ1) is 14.2. The topological polar surface area (TPSA) is 81.4 Å². The second kappa shape index (κ2) is 7.85. The highest BCUT2D eigenvalue weighted by atomic mass is 35.5. The molecule has 5 rings (SSSR count). The summed E-state index contributed by atoms with van der Waals surface area (Å²) in [5.74, 6) is 0. The van der Waals surface area contributed by atoms with Gasteiger partial charge in [0.05, 0.1) is 30.0 Å². The molecule has 0 spiro atoms. The Kier molecular flexibility index (Phi) is 5.07. The van der Waals surface area contributed by atoms with E-state index in [1.54, 1.807) is 23.3 Å². The summed E-state index contributed by atoms with van der Waals surface area (Å²) in [5.41, 5.74) is 2.96. The lowest BCUT2D eigenvalue weighted by Crippen LogP contribution is -2.57. The normalized spacial score (nSPS) is 28.6. The molecule has 2 aliphatic rings. The van der Waals surface area contributed by atoms with Crippen LogP contribution in [-0.4, -0.2) is 51.0 Å². The number of pyridine rings is 1. The molecule has 2 fully saturated rings. The second-order valence-electron chi connectivity index (χ2n) is 7.31. The number of benzene rings is 1. The molecular formula is C21H21ClN4O3. The molecule has 2 aromatic heterocycles. The smallest absolute Gasteiger partial charge is 0.183 e. The number of aliphatic hydroxyl groups is 1. The van der Waals surface area contributed by atoms with Crippen LogP contribution in [0.5, 0.6) is 0 Å². The molecule has 2 bridgehead atoms. The average Bonchev–Trinajstić information content (AvgIpc) is 3.39. The van der Waals surface area contributed by atoms with Gasteiger partial charge in [-0.15, -0.1) is 0 Å². The van der Waals surface area contributed by atoms with Crippen molar-refractivity contribution in [3.63, 3.8) is 0 Å². The van der Waals surface area contributed by atoms with Gasteiger partial charge < -0.3 is 19.9 Å². The maximum absolute atomic E-state index is 11.2. The van der Waals surface area contributed by atoms with E-state index < -0.39 is 18.4 Å². The van der Waals surface area contributed by atoms with Crippen molar-refractivity contribution in [3.05, 3.63) is 71.8 Å². The van der Waals surface area contributed by atoms with Crippen LogP contribution in [0.4, 0.5) is 0 Å². The number of fused-ring (bicyclic) bond motifs is 2. The lowest BCUT2D eigenvalue weighted by atomic mass is 9.96. The van der Waals surface area contributed by atoms with Crippen LogP contribution in [0.3, 0.4) is 0 Å². The van der Waals surface area contributed by atoms with Crippen molar-refractivity contribution in [2.75, 3.05) is 6.61 Å². The lowest BCUT2D eigenvalue weighted by molar-refractivity contribution is -0.168. The van der Waals surface area contributed by atoms with E-state index in [4.69, 9.17) is 21.1 Å². The Hall–Kier alpha value is -2.29. The first kappa shape index (κ1) is 18.7. The molecular weight excluding hydrogens is 392 g/mol. The maximum Gasteiger partial charge on any atom is 0.183 e. The van der Waals surface area contributed by atoms with Gasteiger partial charge in [0.1, 0.15) is 12.1 Å². The number of aliphatic hydroxyl groups excluding tert-OH is 1. The van der Waals surface area contributed by atoms with Gasteiger partial charge in [-0.3, -0.25) is 9.67 Å². The zero-order chi connectivity index (χ0) is 19.8. The molecule has 0 saturated carbocycles. The summed E-state index contributed by atoms with van der Waals surface area (Å²) in [7, 11) is 0. The second-order valence-corrected chi connectivity index (χ2v) is 7.71. The third kappa shape index (κ3) is 3.56. The van der Waals surface area contributed by atoms with E-state index in [9.17, 15) is 5.11 Å². The third-order valence-corrected chi connectivity index (χ3v) is 5.87. The monoisotopic (exact) mass is 412 g/mol. The third-order valence-electron chi connectivity index (χ3n) is 5.53. The summed E-state index contributed by atoms with van der Waals surface area (Å²) in [6.45, 7) is 0.918. The fourth-order valence-corrected chi connectivity index (χ4v) is 4.18. The predicted molar refractivity (Wildman–Crippen MR) is 107 cm³/mol. The van der Waals surface area contributed by atoms with Crippen LogP contribution in [0.2, 0.25) is 5.02 Å². The van der Waals surface area contributed by atoms with Crippen LogP contribution in [0.25, 0.3) is 11.1 Å². The van der Waals surface area contributed by atoms with Gasteiger partial charge in [-0.25, -0.2) is 0 Å². The van der Waals surface area contributed by atoms with Gasteiger partial charge in [-0.2, -0.15) is 5.10 Å². The number of nitrogens with zero attached hydrogens (tertiary/aromatic N) is 3. The number of nitrogens with one attached hydrogen (secondary N) is 1. The maximum atomic E-state index is 11.2. The van der Waals surface area contributed by atoms with Crippen LogP contribution in [0.1, 0.15) is 11.6 Å². The minimum Gasteiger partial charge on any atom is -0.389 e. The molecule has 0 amide bonds. The van der Waals surface area contributed by atoms with Crippen LogP contribution in [-0.2, 0) is 16.0 Å². The Morgan fingerprint density at radius 2 is 2.03 bits per heavy atom. The van der Waals surface area contributed by atoms with Gasteiger partial charge in [-0.05, 0) is 17.2 Å². The van der Waals surface area contributed by atoms with E-state index >= 15 is 0 Å². The number of hydrogen-bond donors (Lipinski definition) is 2. The van der Waals surface area contributed by atoms with Crippen molar-refractivity contribution in [1.82, 2.24) is 20.1 Å². The van der Waals surface area contributed by atoms with Crippen LogP contribution < -0.4 is 5.32 Å². The molecule has 1 aromatic carbocycles. The van der Waals surface area contributed by atoms with Gasteiger partial charge in [0.25, 0.3) is 0 Å². The largest absolute Gasteiger partial charge is 0.389 e. The number of aromatic nitrogens is 3. The molecule has 4 heterocycles. The molecule has 7 nitrogen and oxygen atoms in total. The van der Waals surface area contributed by atoms with E-state index in [-0.39, 0.29) is 12.1 Å². The summed E-state index contributed by atoms with van der Waals surface area (Å²) in [5, 5.41) is 19.6. The van der Waals surface area contributed by atoms with E-state index in [0.29, 0.717) is 18.2 Å². The van der Waals surface area contributed by atoms with E-state index in [2.05, 4.69) is 15.4 Å². The van der Waals surface area contributed by atoms with Gasteiger partial charge in [-0.1, -0.05) is 41.9 Å². The molecule has 150 valence electrons. The van der Waals surface area contributed by atoms with Gasteiger partial charge in [0.2, 0.25) is 0 Å². The Morgan fingerprint density at radius 3 is 2.86 bits per heavy atom. The molecule has 8 heteroatoms. The van der Waals surface area contributed by atoms with Crippen LogP contribution in [0.15, 0.2) is 61.2 Å². The minimum absolute atomic E-state index is 0.226. The highest BCUT2D eigenvalue weighted by Crippen LogP contribution is 2.36. The molecule has 0 radical (unpaired) electrons. The minimum atomic E-state index is -0.731. The summed E-state index contributed by atoms with van der Waals surface area (Å²) in [6.07, 6.45) is 5.54. The standard InChI is InChI=1S/C21H21ClN4O3/c22-16-10-23-7-6-14(16)8-24-18-17-12-28-21(29-17)19(20(18)27)26-11-15(9-25-26)13-4-2-1-3-5-13/h1-7,9-11,17-21,24,27H,8,12H2. The molecule has 2 saturated heterocycles. The van der Waals surface area contributed by atoms with Crippen molar-refractivity contribution < 1.29 is 14.6 Å². The first-order valence-corrected chi connectivity index (χ1v) is 9.95. The van der Waals surface area contributed by atoms with Gasteiger partial charge >= 0.3 is 0 Å². The molecule has 0 aliphatic carbocycles. The van der Waals surface area contributed by atoms with Crippen LogP contribution in [0, 0.1) is 0 Å². The molecule has 5 atom stereocenters. The first-order valence-electron chi connectivity index (χ1n) is 9.57. The number of rotatable bonds is 5. The average molecular weight is 413 g/mol. The Balaban J connectivity index is 1.37. The highest BCUT2D eigenvalue weighted by Gasteiger charge is 2.51. The van der Waals surface area contributed by atoms with Gasteiger partial charge in [0.15, 0.2) is 6.29 Å². The SMILES string of the molecule is OC1C(NCc2ccncc2Cl)C2COC(O2)C1n1cc(-c2ccccc2)cn1. The molecule has 2 aliphatic heterocycles. The highest BCUT2D eigenvalue weighted by molar-refractivity contribution is 6.31. The molecule has 2 N–H and O–H groups in total. The van der Waals surface area contributed by atoms with Crippen molar-refractivity contribution in [2.45, 2.75) is 37.1 Å². The molecule has 29 heavy (non-hydrogen) atoms. The molecule has 5 unspecified atom stereocenters. The van der Waals surface area contributed by atoms with E-state index in [0.717, 1.165) is 16.7 Å². The number of halogens is 1. The number of ether oxygens (including phenoxy) is 2. The zero-order valence-electron chi connectivity index (χ0n) is 15.6. The van der Waals surface area contributed by atoms with Crippen LogP contribution >= 0.6 is 11.6 Å². The summed E-state index contributed by atoms with van der Waals surface area (Å²) >= 11 is 6.21. The van der Waals surface area contributed by atoms with Gasteiger partial charge in [0, 0.05) is 30.7 Å². The van der Waals surface area contributed by atoms with E-state index in [1.165, 1.54) is 0 Å². The zero-order valence-corrected chi connectivity index (χ0v) is 16.3. The summed E-state index contributed by atoms with van der Waals surface area (Å²) in [4.78, 5) is 4.01. The van der Waals surface area contributed by atoms with Crippen molar-refractivity contribution in [3.8, 4) is 11.1 Å².